The average molecular weight is 395 g/mol. The largest absolute Gasteiger partial charge is 0.497 e. The molecular weight excluding hydrogens is 383 g/mol. The second-order valence-corrected chi connectivity index (χ2v) is 6.98. The van der Waals surface area contributed by atoms with Gasteiger partial charge < -0.3 is 4.74 Å². The maximum absolute atomic E-state index is 13.1. The third-order valence-corrected chi connectivity index (χ3v) is 4.98. The Morgan fingerprint density at radius 1 is 1.12 bits per heavy atom. The van der Waals surface area contributed by atoms with Gasteiger partial charge in [-0.15, -0.1) is 0 Å². The fourth-order valence-corrected chi connectivity index (χ4v) is 3.73. The van der Waals surface area contributed by atoms with Gasteiger partial charge in [0.1, 0.15) is 5.75 Å². The summed E-state index contributed by atoms with van der Waals surface area (Å²) in [6.07, 6.45) is -3.28. The standard InChI is InChI=1S/C18H12F3NO2S2/c1-24-13-8-6-12(7-9-13)22-16(23)15(26-17(22)25)10-11-4-2-3-5-14(11)18(19,20)21/h2-10H,1H3. The van der Waals surface area contributed by atoms with Crippen molar-refractivity contribution in [3.05, 3.63) is 64.6 Å². The molecule has 0 aromatic heterocycles. The van der Waals surface area contributed by atoms with E-state index in [9.17, 15) is 18.0 Å². The van der Waals surface area contributed by atoms with Crippen LogP contribution in [0.25, 0.3) is 6.08 Å². The molecule has 3 nitrogen and oxygen atoms in total. The van der Waals surface area contributed by atoms with E-state index < -0.39 is 17.6 Å². The molecule has 0 aliphatic carbocycles. The summed E-state index contributed by atoms with van der Waals surface area (Å²) in [6.45, 7) is 0. The topological polar surface area (TPSA) is 29.5 Å². The summed E-state index contributed by atoms with van der Waals surface area (Å²) in [5.74, 6) is 0.163. The number of hydrogen-bond acceptors (Lipinski definition) is 4. The Balaban J connectivity index is 1.95. The van der Waals surface area contributed by atoms with Crippen molar-refractivity contribution < 1.29 is 22.7 Å². The number of benzene rings is 2. The van der Waals surface area contributed by atoms with E-state index in [0.29, 0.717) is 11.4 Å². The van der Waals surface area contributed by atoms with E-state index in [-0.39, 0.29) is 14.8 Å². The smallest absolute Gasteiger partial charge is 0.416 e. The molecule has 1 amide bonds. The lowest BCUT2D eigenvalue weighted by atomic mass is 10.1. The molecule has 0 atom stereocenters. The van der Waals surface area contributed by atoms with E-state index in [1.165, 1.54) is 36.3 Å². The molecule has 0 saturated carbocycles. The van der Waals surface area contributed by atoms with Gasteiger partial charge >= 0.3 is 6.18 Å². The molecule has 2 aromatic carbocycles. The maximum Gasteiger partial charge on any atom is 0.416 e. The fraction of sp³-hybridized carbons (Fsp3) is 0.111. The van der Waals surface area contributed by atoms with E-state index in [4.69, 9.17) is 17.0 Å². The summed E-state index contributed by atoms with van der Waals surface area (Å²) in [5, 5.41) is 0. The van der Waals surface area contributed by atoms with Crippen LogP contribution in [0.1, 0.15) is 11.1 Å². The minimum absolute atomic E-state index is 0.0739. The third-order valence-electron chi connectivity index (χ3n) is 3.68. The molecule has 0 unspecified atom stereocenters. The number of nitrogens with zero attached hydrogens (tertiary/aromatic N) is 1. The number of carbonyl (C=O) groups is 1. The number of thiocarbonyl (C=S) groups is 1. The van der Waals surface area contributed by atoms with Crippen LogP contribution in [0.15, 0.2) is 53.4 Å². The molecule has 0 radical (unpaired) electrons. The van der Waals surface area contributed by atoms with Gasteiger partial charge in [0.15, 0.2) is 4.32 Å². The number of carbonyl (C=O) groups excluding carboxylic acids is 1. The van der Waals surface area contributed by atoms with Crippen LogP contribution in [0.2, 0.25) is 0 Å². The van der Waals surface area contributed by atoms with Gasteiger partial charge in [-0.05, 0) is 42.0 Å². The number of alkyl halides is 3. The molecule has 26 heavy (non-hydrogen) atoms. The Morgan fingerprint density at radius 2 is 1.77 bits per heavy atom. The molecular formula is C18H12F3NO2S2. The van der Waals surface area contributed by atoms with Crippen LogP contribution >= 0.6 is 24.0 Å². The molecule has 1 fully saturated rings. The minimum atomic E-state index is -4.50. The molecule has 0 spiro atoms. The lowest BCUT2D eigenvalue weighted by molar-refractivity contribution is -0.137. The van der Waals surface area contributed by atoms with Crippen molar-refractivity contribution in [2.75, 3.05) is 12.0 Å². The highest BCUT2D eigenvalue weighted by molar-refractivity contribution is 8.27. The predicted molar refractivity (Wildman–Crippen MR) is 100 cm³/mol. The van der Waals surface area contributed by atoms with Crippen LogP contribution in [0.3, 0.4) is 0 Å². The molecule has 1 saturated heterocycles. The summed E-state index contributed by atoms with van der Waals surface area (Å²) >= 11 is 6.21. The molecule has 134 valence electrons. The highest BCUT2D eigenvalue weighted by Crippen LogP contribution is 2.38. The quantitative estimate of drug-likeness (QED) is 0.533. The fourth-order valence-electron chi connectivity index (χ4n) is 2.44. The zero-order valence-corrected chi connectivity index (χ0v) is 15.0. The first-order valence-corrected chi connectivity index (χ1v) is 8.62. The molecule has 3 rings (SSSR count). The number of thioether (sulfide) groups is 1. The second kappa shape index (κ2) is 7.13. The van der Waals surface area contributed by atoms with Gasteiger partial charge in [-0.2, -0.15) is 13.2 Å². The van der Waals surface area contributed by atoms with Crippen molar-refractivity contribution in [1.82, 2.24) is 0 Å². The van der Waals surface area contributed by atoms with Crippen LogP contribution in [0.4, 0.5) is 18.9 Å². The van der Waals surface area contributed by atoms with Gasteiger partial charge in [0, 0.05) is 0 Å². The van der Waals surface area contributed by atoms with Crippen LogP contribution in [-0.2, 0) is 11.0 Å². The average Bonchev–Trinajstić information content (AvgIpc) is 2.88. The number of methoxy groups -OCH3 is 1. The van der Waals surface area contributed by atoms with Crippen molar-refractivity contribution in [1.29, 1.82) is 0 Å². The van der Waals surface area contributed by atoms with Gasteiger partial charge in [-0.25, -0.2) is 0 Å². The SMILES string of the molecule is COc1ccc(N2C(=O)C(=Cc3ccccc3C(F)(F)F)SC2=S)cc1. The number of anilines is 1. The lowest BCUT2D eigenvalue weighted by Crippen LogP contribution is -2.27. The molecule has 0 bridgehead atoms. The Labute approximate surface area is 157 Å². The number of hydrogen-bond donors (Lipinski definition) is 0. The summed E-state index contributed by atoms with van der Waals surface area (Å²) in [6, 6.07) is 11.8. The predicted octanol–water partition coefficient (Wildman–Crippen LogP) is 5.12. The number of ether oxygens (including phenoxy) is 1. The van der Waals surface area contributed by atoms with E-state index in [1.54, 1.807) is 24.3 Å². The molecule has 0 N–H and O–H groups in total. The number of rotatable bonds is 3. The molecule has 1 heterocycles. The van der Waals surface area contributed by atoms with Gasteiger partial charge in [-0.1, -0.05) is 42.2 Å². The van der Waals surface area contributed by atoms with Gasteiger partial charge in [-0.3, -0.25) is 9.69 Å². The summed E-state index contributed by atoms with van der Waals surface area (Å²) in [4.78, 5) is 14.1. The lowest BCUT2D eigenvalue weighted by Gasteiger charge is -2.14. The molecule has 8 heteroatoms. The van der Waals surface area contributed by atoms with Crippen molar-refractivity contribution in [2.45, 2.75) is 6.18 Å². The normalized spacial score (nSPS) is 16.5. The van der Waals surface area contributed by atoms with E-state index in [0.717, 1.165) is 17.8 Å². The van der Waals surface area contributed by atoms with Crippen LogP contribution in [-0.4, -0.2) is 17.3 Å². The first-order valence-electron chi connectivity index (χ1n) is 7.39. The molecule has 1 aliphatic heterocycles. The number of amides is 1. The summed E-state index contributed by atoms with van der Waals surface area (Å²) in [5.41, 5.74) is -0.342. The second-order valence-electron chi connectivity index (χ2n) is 5.30. The van der Waals surface area contributed by atoms with Crippen molar-refractivity contribution in [3.8, 4) is 5.75 Å². The van der Waals surface area contributed by atoms with Crippen LogP contribution < -0.4 is 9.64 Å². The van der Waals surface area contributed by atoms with Crippen molar-refractivity contribution >= 4 is 46.0 Å². The first kappa shape index (κ1) is 18.5. The highest BCUT2D eigenvalue weighted by atomic mass is 32.2. The minimum Gasteiger partial charge on any atom is -0.497 e. The van der Waals surface area contributed by atoms with Gasteiger partial charge in [0.25, 0.3) is 5.91 Å². The Hall–Kier alpha value is -2.32. The maximum atomic E-state index is 13.1. The first-order chi connectivity index (χ1) is 12.3. The molecule has 2 aromatic rings. The Kier molecular flexibility index (Phi) is 5.06. The highest BCUT2D eigenvalue weighted by Gasteiger charge is 2.36. The van der Waals surface area contributed by atoms with Crippen LogP contribution in [0.5, 0.6) is 5.75 Å². The van der Waals surface area contributed by atoms with E-state index in [2.05, 4.69) is 0 Å². The summed E-state index contributed by atoms with van der Waals surface area (Å²) in [7, 11) is 1.52. The zero-order chi connectivity index (χ0) is 18.9. The third kappa shape index (κ3) is 3.61. The molecule has 1 aliphatic rings. The Bertz CT molecular complexity index is 892. The van der Waals surface area contributed by atoms with Crippen molar-refractivity contribution in [3.63, 3.8) is 0 Å². The Morgan fingerprint density at radius 3 is 2.38 bits per heavy atom. The van der Waals surface area contributed by atoms with E-state index >= 15 is 0 Å². The van der Waals surface area contributed by atoms with Gasteiger partial charge in [0.05, 0.1) is 23.3 Å². The zero-order valence-electron chi connectivity index (χ0n) is 13.4. The van der Waals surface area contributed by atoms with Gasteiger partial charge in [0.2, 0.25) is 0 Å². The van der Waals surface area contributed by atoms with Crippen LogP contribution in [0, 0.1) is 0 Å². The van der Waals surface area contributed by atoms with Crippen molar-refractivity contribution in [2.24, 2.45) is 0 Å². The monoisotopic (exact) mass is 395 g/mol. The number of halogens is 3. The summed E-state index contributed by atoms with van der Waals surface area (Å²) < 4.78 is 44.8. The van der Waals surface area contributed by atoms with E-state index in [1.807, 2.05) is 0 Å².